The van der Waals surface area contributed by atoms with Gasteiger partial charge in [0.1, 0.15) is 12.6 Å². The third-order valence-electron chi connectivity index (χ3n) is 8.81. The Labute approximate surface area is 299 Å². The van der Waals surface area contributed by atoms with E-state index in [1.54, 1.807) is 37.3 Å². The molecule has 1 aliphatic carbocycles. The van der Waals surface area contributed by atoms with Crippen LogP contribution in [0.5, 0.6) is 0 Å². The largest absolute Gasteiger partial charge is 0.416 e. The van der Waals surface area contributed by atoms with Crippen LogP contribution >= 0.6 is 15.9 Å². The van der Waals surface area contributed by atoms with Gasteiger partial charge in [-0.15, -0.1) is 0 Å². The maximum atomic E-state index is 14.7. The molecule has 0 bridgehead atoms. The first kappa shape index (κ1) is 37.1. The second-order valence-corrected chi connectivity index (χ2v) is 15.4. The molecule has 0 aromatic heterocycles. The molecule has 2 amide bonds. The van der Waals surface area contributed by atoms with Crippen LogP contribution in [0.1, 0.15) is 54.4 Å². The molecule has 5 rings (SSSR count). The lowest BCUT2D eigenvalue weighted by Crippen LogP contribution is -2.55. The molecule has 1 fully saturated rings. The van der Waals surface area contributed by atoms with Gasteiger partial charge in [0.15, 0.2) is 0 Å². The zero-order valence-corrected chi connectivity index (χ0v) is 30.0. The molecule has 1 atom stereocenters. The molecule has 1 saturated carbocycles. The van der Waals surface area contributed by atoms with Gasteiger partial charge in [0, 0.05) is 23.5 Å². The number of aryl methyl sites for hydroxylation is 1. The van der Waals surface area contributed by atoms with Gasteiger partial charge in [-0.05, 0) is 73.4 Å². The van der Waals surface area contributed by atoms with E-state index in [9.17, 15) is 31.2 Å². The number of carbonyl (C=O) groups is 2. The highest BCUT2D eigenvalue weighted by Crippen LogP contribution is 2.34. The van der Waals surface area contributed by atoms with Gasteiger partial charge >= 0.3 is 6.18 Å². The quantitative estimate of drug-likeness (QED) is 0.158. The summed E-state index contributed by atoms with van der Waals surface area (Å²) in [6.45, 7) is 0.859. The zero-order valence-electron chi connectivity index (χ0n) is 27.6. The van der Waals surface area contributed by atoms with Crippen LogP contribution in [-0.2, 0) is 38.8 Å². The van der Waals surface area contributed by atoms with Crippen molar-refractivity contribution in [3.05, 3.63) is 130 Å². The molecule has 264 valence electrons. The molecule has 0 heterocycles. The van der Waals surface area contributed by atoms with Gasteiger partial charge in [0.2, 0.25) is 11.8 Å². The fourth-order valence-electron chi connectivity index (χ4n) is 6.13. The average Bonchev–Trinajstić information content (AvgIpc) is 3.09. The lowest BCUT2D eigenvalue weighted by molar-refractivity contribution is -0.140. The van der Waals surface area contributed by atoms with E-state index in [1.165, 1.54) is 23.1 Å². The number of nitrogens with zero attached hydrogens (tertiary/aromatic N) is 2. The molecule has 0 saturated heterocycles. The Bertz CT molecular complexity index is 1880. The van der Waals surface area contributed by atoms with Gasteiger partial charge in [-0.1, -0.05) is 101 Å². The monoisotopic (exact) mass is 769 g/mol. The number of halogens is 4. The summed E-state index contributed by atoms with van der Waals surface area (Å²) in [5, 5.41) is 3.14. The number of amides is 2. The van der Waals surface area contributed by atoms with E-state index in [1.807, 2.05) is 36.4 Å². The fraction of sp³-hybridized carbons (Fsp3) is 0.316. The van der Waals surface area contributed by atoms with Crippen LogP contribution < -0.4 is 9.62 Å². The van der Waals surface area contributed by atoms with Crippen molar-refractivity contribution in [2.75, 3.05) is 10.8 Å². The number of anilines is 1. The highest BCUT2D eigenvalue weighted by Gasteiger charge is 2.37. The Hall–Kier alpha value is -4.16. The van der Waals surface area contributed by atoms with Crippen molar-refractivity contribution in [1.29, 1.82) is 0 Å². The minimum Gasteiger partial charge on any atom is -0.352 e. The standard InChI is InChI=1S/C38H39BrF3N3O4S/c1-27-18-20-34(21-19-27)50(48,49)45(33-17-9-13-30(24-33)38(40,41)42)26-36(46)44(25-29-12-8-14-31(39)22-29)35(23-28-10-4-2-5-11-28)37(47)43-32-15-6-3-7-16-32/h2,4-5,8-14,17-22,24,32,35H,3,6-7,15-16,23,25-26H2,1H3,(H,43,47)/t35-/m1/s1. The Kier molecular flexibility index (Phi) is 12.1. The van der Waals surface area contributed by atoms with Crippen LogP contribution in [0.4, 0.5) is 18.9 Å². The first-order valence-electron chi connectivity index (χ1n) is 16.5. The second kappa shape index (κ2) is 16.2. The van der Waals surface area contributed by atoms with E-state index in [2.05, 4.69) is 21.2 Å². The Morgan fingerprint density at radius 2 is 1.52 bits per heavy atom. The first-order chi connectivity index (χ1) is 23.8. The van der Waals surface area contributed by atoms with E-state index >= 15 is 0 Å². The summed E-state index contributed by atoms with van der Waals surface area (Å²) in [6.07, 6.45) is 0.00414. The summed E-state index contributed by atoms with van der Waals surface area (Å²) in [6, 6.07) is 25.0. The van der Waals surface area contributed by atoms with E-state index in [0.29, 0.717) is 9.87 Å². The molecule has 1 N–H and O–H groups in total. The normalized spacial score (nSPS) is 14.5. The van der Waals surface area contributed by atoms with E-state index in [-0.39, 0.29) is 35.5 Å². The van der Waals surface area contributed by atoms with Crippen molar-refractivity contribution < 1.29 is 31.2 Å². The lowest BCUT2D eigenvalue weighted by Gasteiger charge is -2.35. The zero-order chi connectivity index (χ0) is 35.9. The number of sulfonamides is 1. The van der Waals surface area contributed by atoms with Crippen molar-refractivity contribution >= 4 is 43.5 Å². The highest BCUT2D eigenvalue weighted by molar-refractivity contribution is 9.10. The van der Waals surface area contributed by atoms with Gasteiger partial charge in [-0.25, -0.2) is 8.42 Å². The summed E-state index contributed by atoms with van der Waals surface area (Å²) in [7, 11) is -4.56. The summed E-state index contributed by atoms with van der Waals surface area (Å²) < 4.78 is 71.4. The van der Waals surface area contributed by atoms with Crippen LogP contribution in [0.2, 0.25) is 0 Å². The lowest BCUT2D eigenvalue weighted by atomic mass is 9.94. The molecular formula is C38H39BrF3N3O4S. The topological polar surface area (TPSA) is 86.8 Å². The molecule has 50 heavy (non-hydrogen) atoms. The molecule has 12 heteroatoms. The number of carbonyl (C=O) groups excluding carboxylic acids is 2. The number of hydrogen-bond donors (Lipinski definition) is 1. The molecule has 4 aromatic rings. The number of alkyl halides is 3. The first-order valence-corrected chi connectivity index (χ1v) is 18.7. The van der Waals surface area contributed by atoms with Crippen molar-refractivity contribution in [2.24, 2.45) is 0 Å². The van der Waals surface area contributed by atoms with Crippen LogP contribution in [0, 0.1) is 6.92 Å². The Morgan fingerprint density at radius 1 is 0.860 bits per heavy atom. The Balaban J connectivity index is 1.60. The third-order valence-corrected chi connectivity index (χ3v) is 11.1. The molecule has 7 nitrogen and oxygen atoms in total. The van der Waals surface area contributed by atoms with Crippen molar-refractivity contribution in [1.82, 2.24) is 10.2 Å². The van der Waals surface area contributed by atoms with Crippen LogP contribution in [0.15, 0.2) is 112 Å². The summed E-state index contributed by atoms with van der Waals surface area (Å²) in [5.41, 5.74) is 0.834. The predicted molar refractivity (Wildman–Crippen MR) is 191 cm³/mol. The van der Waals surface area contributed by atoms with Gasteiger partial charge in [-0.3, -0.25) is 13.9 Å². The smallest absolute Gasteiger partial charge is 0.352 e. The van der Waals surface area contributed by atoms with E-state index in [0.717, 1.165) is 65.9 Å². The third kappa shape index (κ3) is 9.54. The maximum absolute atomic E-state index is 14.7. The number of benzene rings is 4. The second-order valence-electron chi connectivity index (χ2n) is 12.6. The molecule has 0 spiro atoms. The molecule has 4 aromatic carbocycles. The highest BCUT2D eigenvalue weighted by atomic mass is 79.9. The molecule has 0 radical (unpaired) electrons. The van der Waals surface area contributed by atoms with Crippen LogP contribution in [0.3, 0.4) is 0 Å². The van der Waals surface area contributed by atoms with Gasteiger partial charge in [0.25, 0.3) is 10.0 Å². The number of nitrogens with one attached hydrogen (secondary N) is 1. The van der Waals surface area contributed by atoms with Crippen molar-refractivity contribution in [3.8, 4) is 0 Å². The van der Waals surface area contributed by atoms with Gasteiger partial charge in [-0.2, -0.15) is 13.2 Å². The summed E-state index contributed by atoms with van der Waals surface area (Å²) in [4.78, 5) is 30.0. The minimum atomic E-state index is -4.76. The molecule has 0 unspecified atom stereocenters. The fourth-order valence-corrected chi connectivity index (χ4v) is 7.99. The SMILES string of the molecule is Cc1ccc(S(=O)(=O)N(CC(=O)N(Cc2cccc(Br)c2)[C@H](Cc2ccccc2)C(=O)NC2CCCCC2)c2cccc(C(F)(F)F)c2)cc1. The Morgan fingerprint density at radius 3 is 2.18 bits per heavy atom. The number of rotatable bonds is 12. The predicted octanol–water partition coefficient (Wildman–Crippen LogP) is 8.06. The average molecular weight is 771 g/mol. The number of hydrogen-bond acceptors (Lipinski definition) is 4. The molecule has 1 aliphatic rings. The minimum absolute atomic E-state index is 0.0606. The van der Waals surface area contributed by atoms with Crippen molar-refractivity contribution in [2.45, 2.75) is 75.1 Å². The van der Waals surface area contributed by atoms with Gasteiger partial charge in [0.05, 0.1) is 16.1 Å². The summed E-state index contributed by atoms with van der Waals surface area (Å²) in [5.74, 6) is -1.13. The van der Waals surface area contributed by atoms with E-state index < -0.39 is 40.3 Å². The molecule has 0 aliphatic heterocycles. The van der Waals surface area contributed by atoms with E-state index in [4.69, 9.17) is 0 Å². The van der Waals surface area contributed by atoms with Crippen LogP contribution in [-0.4, -0.2) is 43.8 Å². The molecular weight excluding hydrogens is 731 g/mol. The van der Waals surface area contributed by atoms with Crippen LogP contribution in [0.25, 0.3) is 0 Å². The van der Waals surface area contributed by atoms with Crippen molar-refractivity contribution in [3.63, 3.8) is 0 Å². The summed E-state index contributed by atoms with van der Waals surface area (Å²) >= 11 is 3.46. The van der Waals surface area contributed by atoms with Gasteiger partial charge < -0.3 is 10.2 Å². The maximum Gasteiger partial charge on any atom is 0.416 e.